The summed E-state index contributed by atoms with van der Waals surface area (Å²) >= 11 is 0. The predicted octanol–water partition coefficient (Wildman–Crippen LogP) is 3.06. The average Bonchev–Trinajstić information content (AvgIpc) is 2.71. The molecule has 150 valence electrons. The molecule has 0 saturated heterocycles. The van der Waals surface area contributed by atoms with Gasteiger partial charge in [0.2, 0.25) is 0 Å². The SMILES string of the molecule is COC(=O)C[C@H](c1ccccc1OCc1ccccn1)c1c(O)cc(C)[nH]c1=O. The Hall–Kier alpha value is -3.61. The minimum atomic E-state index is -0.744. The van der Waals surface area contributed by atoms with Crippen LogP contribution < -0.4 is 10.3 Å². The van der Waals surface area contributed by atoms with Crippen LogP contribution in [0.25, 0.3) is 0 Å². The zero-order chi connectivity index (χ0) is 20.8. The van der Waals surface area contributed by atoms with Crippen LogP contribution in [0.3, 0.4) is 0 Å². The number of nitrogens with zero attached hydrogens (tertiary/aromatic N) is 1. The lowest BCUT2D eigenvalue weighted by atomic mass is 9.88. The minimum absolute atomic E-state index is 0.0925. The molecule has 2 heterocycles. The normalized spacial score (nSPS) is 11.7. The van der Waals surface area contributed by atoms with Crippen LogP contribution in [0.2, 0.25) is 0 Å². The zero-order valence-electron chi connectivity index (χ0n) is 16.2. The Labute approximate surface area is 168 Å². The van der Waals surface area contributed by atoms with Gasteiger partial charge in [-0.05, 0) is 31.2 Å². The largest absolute Gasteiger partial charge is 0.507 e. The first-order chi connectivity index (χ1) is 14.0. The third-order valence-corrected chi connectivity index (χ3v) is 4.53. The molecule has 3 aromatic rings. The highest BCUT2D eigenvalue weighted by Gasteiger charge is 2.27. The highest BCUT2D eigenvalue weighted by molar-refractivity contribution is 5.72. The zero-order valence-corrected chi connectivity index (χ0v) is 16.2. The lowest BCUT2D eigenvalue weighted by Gasteiger charge is -2.20. The second kappa shape index (κ2) is 9.05. The van der Waals surface area contributed by atoms with Gasteiger partial charge < -0.3 is 19.6 Å². The molecule has 1 atom stereocenters. The van der Waals surface area contributed by atoms with Crippen molar-refractivity contribution in [3.05, 3.63) is 87.6 Å². The fourth-order valence-electron chi connectivity index (χ4n) is 3.17. The summed E-state index contributed by atoms with van der Waals surface area (Å²) in [6, 6.07) is 14.1. The summed E-state index contributed by atoms with van der Waals surface area (Å²) < 4.78 is 10.7. The second-order valence-corrected chi connectivity index (χ2v) is 6.56. The van der Waals surface area contributed by atoms with Gasteiger partial charge >= 0.3 is 5.97 Å². The molecule has 7 nitrogen and oxygen atoms in total. The number of methoxy groups -OCH3 is 1. The van der Waals surface area contributed by atoms with Gasteiger partial charge in [0, 0.05) is 23.4 Å². The Kier molecular flexibility index (Phi) is 6.29. The first-order valence-corrected chi connectivity index (χ1v) is 9.10. The highest BCUT2D eigenvalue weighted by Crippen LogP contribution is 2.37. The van der Waals surface area contributed by atoms with E-state index in [0.717, 1.165) is 5.69 Å². The van der Waals surface area contributed by atoms with Crippen molar-refractivity contribution < 1.29 is 19.4 Å². The van der Waals surface area contributed by atoms with Gasteiger partial charge in [-0.15, -0.1) is 0 Å². The molecule has 0 aliphatic heterocycles. The summed E-state index contributed by atoms with van der Waals surface area (Å²) in [5, 5.41) is 10.5. The number of carbonyl (C=O) groups is 1. The number of aromatic nitrogens is 2. The van der Waals surface area contributed by atoms with E-state index in [9.17, 15) is 14.7 Å². The molecule has 2 N–H and O–H groups in total. The fourth-order valence-corrected chi connectivity index (χ4v) is 3.17. The van der Waals surface area contributed by atoms with Gasteiger partial charge in [-0.1, -0.05) is 24.3 Å². The summed E-state index contributed by atoms with van der Waals surface area (Å²) in [4.78, 5) is 31.6. The Morgan fingerprint density at radius 1 is 1.21 bits per heavy atom. The van der Waals surface area contributed by atoms with Crippen molar-refractivity contribution in [3.63, 3.8) is 0 Å². The molecule has 1 aromatic carbocycles. The van der Waals surface area contributed by atoms with Crippen LogP contribution in [-0.2, 0) is 16.1 Å². The summed E-state index contributed by atoms with van der Waals surface area (Å²) in [7, 11) is 1.28. The molecule has 0 fully saturated rings. The van der Waals surface area contributed by atoms with E-state index in [4.69, 9.17) is 9.47 Å². The van der Waals surface area contributed by atoms with Gasteiger partial charge in [-0.25, -0.2) is 0 Å². The van der Waals surface area contributed by atoms with Crippen molar-refractivity contribution in [2.45, 2.75) is 25.9 Å². The van der Waals surface area contributed by atoms with Crippen LogP contribution in [-0.4, -0.2) is 28.2 Å². The fraction of sp³-hybridized carbons (Fsp3) is 0.227. The minimum Gasteiger partial charge on any atom is -0.507 e. The van der Waals surface area contributed by atoms with Gasteiger partial charge in [-0.2, -0.15) is 0 Å². The van der Waals surface area contributed by atoms with Crippen LogP contribution in [0, 0.1) is 6.92 Å². The van der Waals surface area contributed by atoms with Crippen LogP contribution in [0.1, 0.15) is 34.9 Å². The predicted molar refractivity (Wildman–Crippen MR) is 107 cm³/mol. The first-order valence-electron chi connectivity index (χ1n) is 9.10. The number of hydrogen-bond acceptors (Lipinski definition) is 6. The smallest absolute Gasteiger partial charge is 0.306 e. The van der Waals surface area contributed by atoms with E-state index in [2.05, 4.69) is 9.97 Å². The molecular formula is C22H22N2O5. The number of nitrogens with one attached hydrogen (secondary N) is 1. The number of esters is 1. The van der Waals surface area contributed by atoms with Crippen molar-refractivity contribution in [1.29, 1.82) is 0 Å². The maximum Gasteiger partial charge on any atom is 0.306 e. The molecule has 0 unspecified atom stereocenters. The van der Waals surface area contributed by atoms with Crippen molar-refractivity contribution in [1.82, 2.24) is 9.97 Å². The van der Waals surface area contributed by atoms with Crippen molar-refractivity contribution in [3.8, 4) is 11.5 Å². The molecule has 0 spiro atoms. The third-order valence-electron chi connectivity index (χ3n) is 4.53. The summed E-state index contributed by atoms with van der Waals surface area (Å²) in [5.74, 6) is -0.938. The van der Waals surface area contributed by atoms with E-state index < -0.39 is 17.4 Å². The van der Waals surface area contributed by atoms with Crippen LogP contribution in [0.15, 0.2) is 59.5 Å². The molecule has 0 aliphatic carbocycles. The molecule has 29 heavy (non-hydrogen) atoms. The van der Waals surface area contributed by atoms with Crippen molar-refractivity contribution >= 4 is 5.97 Å². The molecule has 3 rings (SSSR count). The molecule has 0 amide bonds. The Morgan fingerprint density at radius 3 is 2.66 bits per heavy atom. The van der Waals surface area contributed by atoms with Gasteiger partial charge in [0.1, 0.15) is 18.1 Å². The number of hydrogen-bond donors (Lipinski definition) is 2. The number of carbonyl (C=O) groups excluding carboxylic acids is 1. The van der Waals surface area contributed by atoms with E-state index >= 15 is 0 Å². The van der Waals surface area contributed by atoms with Gasteiger partial charge in [-0.3, -0.25) is 14.6 Å². The standard InChI is InChI=1S/C22H22N2O5/c1-14-11-18(25)21(22(27)24-14)17(12-20(26)28-2)16-8-3-4-9-19(16)29-13-15-7-5-6-10-23-15/h3-11,17H,12-13H2,1-2H3,(H2,24,25,27)/t17-/m1/s1. The van der Waals surface area contributed by atoms with Crippen molar-refractivity contribution in [2.75, 3.05) is 7.11 Å². The van der Waals surface area contributed by atoms with Crippen LogP contribution in [0.4, 0.5) is 0 Å². The van der Waals surface area contributed by atoms with E-state index in [0.29, 0.717) is 17.0 Å². The van der Waals surface area contributed by atoms with Gasteiger partial charge in [0.25, 0.3) is 5.56 Å². The molecule has 0 bridgehead atoms. The number of pyridine rings is 2. The molecule has 0 aliphatic rings. The van der Waals surface area contributed by atoms with E-state index in [-0.39, 0.29) is 24.3 Å². The number of rotatable bonds is 7. The van der Waals surface area contributed by atoms with Gasteiger partial charge in [0.05, 0.1) is 24.8 Å². The average molecular weight is 394 g/mol. The molecule has 2 aromatic heterocycles. The number of ether oxygens (including phenoxy) is 2. The Bertz CT molecular complexity index is 1050. The molecular weight excluding hydrogens is 372 g/mol. The number of aryl methyl sites for hydroxylation is 1. The van der Waals surface area contributed by atoms with Crippen LogP contribution >= 0.6 is 0 Å². The van der Waals surface area contributed by atoms with Gasteiger partial charge in [0.15, 0.2) is 0 Å². The van der Waals surface area contributed by atoms with E-state index in [1.807, 2.05) is 18.2 Å². The quantitative estimate of drug-likeness (QED) is 0.597. The molecule has 7 heteroatoms. The molecule has 0 radical (unpaired) electrons. The Morgan fingerprint density at radius 2 is 1.97 bits per heavy atom. The lowest BCUT2D eigenvalue weighted by molar-refractivity contribution is -0.140. The molecule has 0 saturated carbocycles. The maximum atomic E-state index is 12.6. The number of benzene rings is 1. The monoisotopic (exact) mass is 394 g/mol. The highest BCUT2D eigenvalue weighted by atomic mass is 16.5. The number of aromatic hydroxyl groups is 1. The Balaban J connectivity index is 2.03. The number of H-pyrrole nitrogens is 1. The van der Waals surface area contributed by atoms with Crippen LogP contribution in [0.5, 0.6) is 11.5 Å². The summed E-state index contributed by atoms with van der Waals surface area (Å²) in [6.45, 7) is 1.89. The maximum absolute atomic E-state index is 12.6. The van der Waals surface area contributed by atoms with Crippen molar-refractivity contribution in [2.24, 2.45) is 0 Å². The summed E-state index contributed by atoms with van der Waals surface area (Å²) in [5.41, 5.74) is 1.49. The van der Waals surface area contributed by atoms with E-state index in [1.165, 1.54) is 13.2 Å². The number of aromatic amines is 1. The van der Waals surface area contributed by atoms with E-state index in [1.54, 1.807) is 37.4 Å². The summed E-state index contributed by atoms with van der Waals surface area (Å²) in [6.07, 6.45) is 1.55. The third kappa shape index (κ3) is 4.82. The first kappa shape index (κ1) is 20.1. The second-order valence-electron chi connectivity index (χ2n) is 6.56. The number of para-hydroxylation sites is 1. The lowest BCUT2D eigenvalue weighted by Crippen LogP contribution is -2.21. The topological polar surface area (TPSA) is 102 Å².